The van der Waals surface area contributed by atoms with Crippen molar-refractivity contribution < 1.29 is 4.79 Å². The third kappa shape index (κ3) is 4.06. The van der Waals surface area contributed by atoms with Gasteiger partial charge in [-0.05, 0) is 50.4 Å². The fraction of sp³-hybridized carbons (Fsp3) is 0.562. The Hall–Kier alpha value is -1.35. The normalized spacial score (nSPS) is 23.1. The van der Waals surface area contributed by atoms with Crippen LogP contribution in [0.15, 0.2) is 24.3 Å². The molecule has 0 bridgehead atoms. The molecule has 0 saturated carbocycles. The molecule has 3 heteroatoms. The van der Waals surface area contributed by atoms with E-state index in [-0.39, 0.29) is 11.8 Å². The van der Waals surface area contributed by atoms with Gasteiger partial charge >= 0.3 is 0 Å². The van der Waals surface area contributed by atoms with Crippen molar-refractivity contribution in [2.24, 2.45) is 5.92 Å². The van der Waals surface area contributed by atoms with Crippen molar-refractivity contribution in [3.63, 3.8) is 0 Å². The van der Waals surface area contributed by atoms with Gasteiger partial charge in [0.1, 0.15) is 0 Å². The molecule has 3 nitrogen and oxygen atoms in total. The van der Waals surface area contributed by atoms with E-state index in [4.69, 9.17) is 0 Å². The molecular formula is C16H24N2O. The molecule has 1 aromatic rings. The summed E-state index contributed by atoms with van der Waals surface area (Å²) in [5.74, 6) is 0.308. The second-order valence-electron chi connectivity index (χ2n) is 5.51. The molecule has 0 aliphatic carbocycles. The van der Waals surface area contributed by atoms with Crippen LogP contribution in [0.25, 0.3) is 0 Å². The van der Waals surface area contributed by atoms with Crippen LogP contribution in [-0.2, 0) is 11.2 Å². The van der Waals surface area contributed by atoms with E-state index in [0.29, 0.717) is 6.04 Å². The molecule has 0 aromatic heterocycles. The van der Waals surface area contributed by atoms with Crippen LogP contribution < -0.4 is 10.6 Å². The average molecular weight is 260 g/mol. The lowest BCUT2D eigenvalue weighted by atomic mass is 9.92. The van der Waals surface area contributed by atoms with Crippen LogP contribution in [0.1, 0.15) is 38.7 Å². The molecule has 104 valence electrons. The summed E-state index contributed by atoms with van der Waals surface area (Å²) in [7, 11) is 0. The first-order valence-corrected chi connectivity index (χ1v) is 7.32. The number of carbonyl (C=O) groups is 1. The predicted molar refractivity (Wildman–Crippen MR) is 79.3 cm³/mol. The van der Waals surface area contributed by atoms with Gasteiger partial charge in [0.15, 0.2) is 0 Å². The number of anilines is 1. The van der Waals surface area contributed by atoms with Crippen LogP contribution in [0.4, 0.5) is 5.69 Å². The van der Waals surface area contributed by atoms with Crippen molar-refractivity contribution in [3.8, 4) is 0 Å². The number of nitrogens with one attached hydrogen (secondary N) is 2. The number of amides is 1. The van der Waals surface area contributed by atoms with E-state index in [9.17, 15) is 4.79 Å². The van der Waals surface area contributed by atoms with Gasteiger partial charge in [-0.25, -0.2) is 0 Å². The third-order valence-electron chi connectivity index (χ3n) is 3.75. The van der Waals surface area contributed by atoms with Crippen LogP contribution in [0, 0.1) is 5.92 Å². The molecule has 2 rings (SSSR count). The molecule has 2 unspecified atom stereocenters. The number of benzene rings is 1. The fourth-order valence-corrected chi connectivity index (χ4v) is 2.66. The lowest BCUT2D eigenvalue weighted by Crippen LogP contribution is -2.40. The maximum atomic E-state index is 12.2. The van der Waals surface area contributed by atoms with E-state index in [0.717, 1.165) is 37.9 Å². The number of carbonyl (C=O) groups excluding carboxylic acids is 1. The Morgan fingerprint density at radius 3 is 2.74 bits per heavy atom. The van der Waals surface area contributed by atoms with Crippen LogP contribution >= 0.6 is 0 Å². The molecular weight excluding hydrogens is 236 g/mol. The Morgan fingerprint density at radius 2 is 2.11 bits per heavy atom. The highest BCUT2D eigenvalue weighted by molar-refractivity contribution is 5.92. The molecule has 0 radical (unpaired) electrons. The summed E-state index contributed by atoms with van der Waals surface area (Å²) in [5.41, 5.74) is 2.24. The zero-order valence-corrected chi connectivity index (χ0v) is 11.9. The lowest BCUT2D eigenvalue weighted by Gasteiger charge is -2.27. The molecule has 2 atom stereocenters. The van der Waals surface area contributed by atoms with Crippen molar-refractivity contribution in [2.45, 2.75) is 45.6 Å². The van der Waals surface area contributed by atoms with Gasteiger partial charge in [0.2, 0.25) is 5.91 Å². The maximum Gasteiger partial charge on any atom is 0.227 e. The lowest BCUT2D eigenvalue weighted by molar-refractivity contribution is -0.120. The van der Waals surface area contributed by atoms with Gasteiger partial charge in [-0.1, -0.05) is 25.5 Å². The Morgan fingerprint density at radius 1 is 1.37 bits per heavy atom. The standard InChI is InChI=1S/C16H24N2O/c1-3-4-13-5-7-15(8-6-13)18-16(19)14-9-10-17-12(2)11-14/h5-8,12,14,17H,3-4,9-11H2,1-2H3,(H,18,19). The number of hydrogen-bond acceptors (Lipinski definition) is 2. The van der Waals surface area contributed by atoms with Crippen LogP contribution in [0.2, 0.25) is 0 Å². The van der Waals surface area contributed by atoms with E-state index < -0.39 is 0 Å². The number of hydrogen-bond donors (Lipinski definition) is 2. The van der Waals surface area contributed by atoms with E-state index >= 15 is 0 Å². The first-order chi connectivity index (χ1) is 9.19. The summed E-state index contributed by atoms with van der Waals surface area (Å²) in [6, 6.07) is 8.66. The summed E-state index contributed by atoms with van der Waals surface area (Å²) in [4.78, 5) is 12.2. The van der Waals surface area contributed by atoms with Gasteiger partial charge in [-0.3, -0.25) is 4.79 Å². The van der Waals surface area contributed by atoms with Gasteiger partial charge in [0, 0.05) is 17.6 Å². The average Bonchev–Trinajstić information content (AvgIpc) is 2.41. The minimum absolute atomic E-state index is 0.145. The Balaban J connectivity index is 1.90. The minimum atomic E-state index is 0.145. The van der Waals surface area contributed by atoms with Crippen molar-refractivity contribution in [2.75, 3.05) is 11.9 Å². The summed E-state index contributed by atoms with van der Waals surface area (Å²) < 4.78 is 0. The van der Waals surface area contributed by atoms with E-state index in [2.05, 4.69) is 36.6 Å². The maximum absolute atomic E-state index is 12.2. The highest BCUT2D eigenvalue weighted by Gasteiger charge is 2.24. The van der Waals surface area contributed by atoms with Crippen molar-refractivity contribution in [3.05, 3.63) is 29.8 Å². The summed E-state index contributed by atoms with van der Waals surface area (Å²) in [5, 5.41) is 6.41. The number of rotatable bonds is 4. The molecule has 1 fully saturated rings. The second-order valence-corrected chi connectivity index (χ2v) is 5.51. The first kappa shape index (κ1) is 14.1. The zero-order valence-electron chi connectivity index (χ0n) is 11.9. The molecule has 0 spiro atoms. The number of aryl methyl sites for hydroxylation is 1. The third-order valence-corrected chi connectivity index (χ3v) is 3.75. The summed E-state index contributed by atoms with van der Waals surface area (Å²) in [6.45, 7) is 5.25. The first-order valence-electron chi connectivity index (χ1n) is 7.32. The Labute approximate surface area is 115 Å². The SMILES string of the molecule is CCCc1ccc(NC(=O)C2CCNC(C)C2)cc1. The van der Waals surface area contributed by atoms with E-state index in [1.54, 1.807) is 0 Å². The Bertz CT molecular complexity index is 413. The fourth-order valence-electron chi connectivity index (χ4n) is 2.66. The number of piperidine rings is 1. The second kappa shape index (κ2) is 6.71. The highest BCUT2D eigenvalue weighted by Crippen LogP contribution is 2.19. The largest absolute Gasteiger partial charge is 0.326 e. The molecule has 1 amide bonds. The van der Waals surface area contributed by atoms with Crippen molar-refractivity contribution >= 4 is 11.6 Å². The van der Waals surface area contributed by atoms with E-state index in [1.807, 2.05) is 12.1 Å². The Kier molecular flexibility index (Phi) is 4.97. The van der Waals surface area contributed by atoms with Crippen molar-refractivity contribution in [1.82, 2.24) is 5.32 Å². The van der Waals surface area contributed by atoms with Gasteiger partial charge in [-0.15, -0.1) is 0 Å². The summed E-state index contributed by atoms with van der Waals surface area (Å²) in [6.07, 6.45) is 4.11. The molecule has 1 aromatic carbocycles. The predicted octanol–water partition coefficient (Wildman–Crippen LogP) is 2.97. The molecule has 2 N–H and O–H groups in total. The van der Waals surface area contributed by atoms with Gasteiger partial charge < -0.3 is 10.6 Å². The van der Waals surface area contributed by atoms with Crippen LogP contribution in [0.3, 0.4) is 0 Å². The van der Waals surface area contributed by atoms with Gasteiger partial charge in [0.25, 0.3) is 0 Å². The monoisotopic (exact) mass is 260 g/mol. The molecule has 1 aliphatic heterocycles. The minimum Gasteiger partial charge on any atom is -0.326 e. The topological polar surface area (TPSA) is 41.1 Å². The van der Waals surface area contributed by atoms with Gasteiger partial charge in [0.05, 0.1) is 0 Å². The van der Waals surface area contributed by atoms with Crippen LogP contribution in [0.5, 0.6) is 0 Å². The van der Waals surface area contributed by atoms with Gasteiger partial charge in [-0.2, -0.15) is 0 Å². The van der Waals surface area contributed by atoms with E-state index in [1.165, 1.54) is 5.56 Å². The molecule has 1 aliphatic rings. The molecule has 1 heterocycles. The highest BCUT2D eigenvalue weighted by atomic mass is 16.1. The summed E-state index contributed by atoms with van der Waals surface area (Å²) >= 11 is 0. The van der Waals surface area contributed by atoms with Crippen LogP contribution in [-0.4, -0.2) is 18.5 Å². The quantitative estimate of drug-likeness (QED) is 0.874. The molecule has 19 heavy (non-hydrogen) atoms. The smallest absolute Gasteiger partial charge is 0.227 e. The van der Waals surface area contributed by atoms with Crippen molar-refractivity contribution in [1.29, 1.82) is 0 Å². The molecule has 1 saturated heterocycles. The zero-order chi connectivity index (χ0) is 13.7.